The van der Waals surface area contributed by atoms with Gasteiger partial charge in [0.15, 0.2) is 18.0 Å². The molecule has 0 saturated heterocycles. The fraction of sp³-hybridized carbons (Fsp3) is 0.444. The first kappa shape index (κ1) is 31.2. The number of fused-ring (bicyclic) bond motifs is 5. The van der Waals surface area contributed by atoms with Crippen molar-refractivity contribution < 1.29 is 28.7 Å². The number of Topliss-reactive ketones (excluding diaryl/α,β-unsaturated/α-hetero) is 1. The molecule has 8 heteroatoms. The number of benzene rings is 2. The lowest BCUT2D eigenvalue weighted by Gasteiger charge is -2.62. The van der Waals surface area contributed by atoms with Crippen molar-refractivity contribution >= 4 is 57.7 Å². The topological polar surface area (TPSA) is 86.7 Å². The molecule has 3 saturated carbocycles. The second-order valence-electron chi connectivity index (χ2n) is 13.3. The lowest BCUT2D eigenvalue weighted by molar-refractivity contribution is -0.169. The number of carbonyl (C=O) groups excluding carboxylic acids is 4. The SMILES string of the molecule is C[C@H]1C[C@H]2[C@@H]3CCC4=CC(=O)C=C[C@]4(C)[C@@]3(Cl)CC[C@]2(C)[C@]1(OC(=O)c1cccc(I)c1)C(=O)COC(=O)c1ccccc1. The average Bonchev–Trinajstić information content (AvgIpc) is 3.23. The monoisotopic (exact) mass is 726 g/mol. The highest BCUT2D eigenvalue weighted by Gasteiger charge is 2.74. The van der Waals surface area contributed by atoms with Crippen molar-refractivity contribution in [3.05, 3.63) is 93.1 Å². The molecule has 0 aromatic heterocycles. The van der Waals surface area contributed by atoms with Gasteiger partial charge in [0.2, 0.25) is 5.78 Å². The third-order valence-corrected chi connectivity index (χ3v) is 12.8. The predicted octanol–water partition coefficient (Wildman–Crippen LogP) is 7.53. The molecule has 0 N–H and O–H groups in total. The van der Waals surface area contributed by atoms with Gasteiger partial charge in [-0.1, -0.05) is 56.7 Å². The van der Waals surface area contributed by atoms with E-state index >= 15 is 0 Å². The molecule has 0 aliphatic heterocycles. The van der Waals surface area contributed by atoms with E-state index < -0.39 is 45.6 Å². The Kier molecular flexibility index (Phi) is 7.97. The molecule has 7 atom stereocenters. The number of carbonyl (C=O) groups is 4. The molecule has 6 nitrogen and oxygen atoms in total. The van der Waals surface area contributed by atoms with E-state index in [4.69, 9.17) is 21.1 Å². The number of rotatable bonds is 6. The Labute approximate surface area is 276 Å². The van der Waals surface area contributed by atoms with Gasteiger partial charge >= 0.3 is 11.9 Å². The maximum atomic E-state index is 14.5. The zero-order valence-electron chi connectivity index (χ0n) is 25.1. The maximum absolute atomic E-state index is 14.5. The summed E-state index contributed by atoms with van der Waals surface area (Å²) in [7, 11) is 0. The van der Waals surface area contributed by atoms with Crippen LogP contribution in [0.2, 0.25) is 0 Å². The number of ketones is 2. The summed E-state index contributed by atoms with van der Waals surface area (Å²) in [6.45, 7) is 5.64. The Hall–Kier alpha value is -2.78. The van der Waals surface area contributed by atoms with Gasteiger partial charge in [0, 0.05) is 20.3 Å². The maximum Gasteiger partial charge on any atom is 0.339 e. The van der Waals surface area contributed by atoms with E-state index in [1.807, 2.05) is 19.1 Å². The van der Waals surface area contributed by atoms with Crippen LogP contribution in [0, 0.1) is 32.2 Å². The van der Waals surface area contributed by atoms with Gasteiger partial charge in [-0.05, 0) is 109 Å². The van der Waals surface area contributed by atoms with Crippen LogP contribution in [-0.4, -0.2) is 40.6 Å². The third-order valence-electron chi connectivity index (χ3n) is 11.3. The van der Waals surface area contributed by atoms with Crippen molar-refractivity contribution in [2.24, 2.45) is 28.6 Å². The summed E-state index contributed by atoms with van der Waals surface area (Å²) in [6.07, 6.45) is 8.59. The number of hydrogen-bond acceptors (Lipinski definition) is 6. The Bertz CT molecular complexity index is 1600. The smallest absolute Gasteiger partial charge is 0.339 e. The van der Waals surface area contributed by atoms with E-state index in [0.29, 0.717) is 30.4 Å². The number of halogens is 2. The van der Waals surface area contributed by atoms with E-state index in [9.17, 15) is 19.2 Å². The fourth-order valence-electron chi connectivity index (χ4n) is 9.00. The van der Waals surface area contributed by atoms with Gasteiger partial charge in [0.1, 0.15) is 0 Å². The largest absolute Gasteiger partial charge is 0.454 e. The second-order valence-corrected chi connectivity index (χ2v) is 15.2. The van der Waals surface area contributed by atoms with Crippen molar-refractivity contribution in [1.82, 2.24) is 0 Å². The quantitative estimate of drug-likeness (QED) is 0.174. The molecule has 44 heavy (non-hydrogen) atoms. The van der Waals surface area contributed by atoms with Crippen LogP contribution in [0.1, 0.15) is 73.6 Å². The van der Waals surface area contributed by atoms with E-state index in [2.05, 4.69) is 36.4 Å². The van der Waals surface area contributed by atoms with Crippen molar-refractivity contribution in [2.45, 2.75) is 63.4 Å². The van der Waals surface area contributed by atoms with Crippen LogP contribution < -0.4 is 0 Å². The minimum absolute atomic E-state index is 0.0107. The summed E-state index contributed by atoms with van der Waals surface area (Å²) in [6, 6.07) is 15.6. The standard InChI is InChI=1S/C36H36ClIO6/c1-22-18-29-28-13-12-25-20-27(39)14-15-33(25,2)35(28,37)17-16-34(29,3)36(22,44-32(42)24-10-7-11-26(38)19-24)30(40)21-43-31(41)23-8-5-4-6-9-23/h4-11,14-15,19-20,22,28-29H,12-13,16-18,21H2,1-3H3/t22-,28-,29-,33-,34-,35+,36+/m0/s1. The lowest BCUT2D eigenvalue weighted by Crippen LogP contribution is -2.65. The first-order valence-electron chi connectivity index (χ1n) is 15.2. The molecule has 4 aliphatic carbocycles. The molecule has 4 aliphatic rings. The summed E-state index contributed by atoms with van der Waals surface area (Å²) in [5, 5.41) is 0. The van der Waals surface area contributed by atoms with Crippen LogP contribution in [0.25, 0.3) is 0 Å². The Morgan fingerprint density at radius 2 is 1.70 bits per heavy atom. The zero-order chi connectivity index (χ0) is 31.5. The van der Waals surface area contributed by atoms with Crippen LogP contribution in [0.4, 0.5) is 0 Å². The minimum atomic E-state index is -1.53. The first-order valence-corrected chi connectivity index (χ1v) is 16.7. The number of hydrogen-bond donors (Lipinski definition) is 0. The second kappa shape index (κ2) is 11.2. The number of allylic oxidation sites excluding steroid dienone is 4. The molecule has 0 unspecified atom stereocenters. The highest BCUT2D eigenvalue weighted by atomic mass is 127. The van der Waals surface area contributed by atoms with E-state index in [1.54, 1.807) is 60.7 Å². The van der Waals surface area contributed by atoms with Gasteiger partial charge < -0.3 is 9.47 Å². The van der Waals surface area contributed by atoms with Crippen LogP contribution in [0.15, 0.2) is 78.4 Å². The van der Waals surface area contributed by atoms with Gasteiger partial charge in [-0.25, -0.2) is 9.59 Å². The molecule has 0 heterocycles. The van der Waals surface area contributed by atoms with E-state index in [1.165, 1.54) is 0 Å². The molecule has 6 rings (SSSR count). The Morgan fingerprint density at radius 1 is 0.977 bits per heavy atom. The van der Waals surface area contributed by atoms with E-state index in [-0.39, 0.29) is 23.5 Å². The average molecular weight is 727 g/mol. The highest BCUT2D eigenvalue weighted by Crippen LogP contribution is 2.72. The Morgan fingerprint density at radius 3 is 2.43 bits per heavy atom. The molecule has 0 radical (unpaired) electrons. The third kappa shape index (κ3) is 4.63. The predicted molar refractivity (Wildman–Crippen MR) is 175 cm³/mol. The molecule has 0 amide bonds. The van der Waals surface area contributed by atoms with Gasteiger partial charge in [0.05, 0.1) is 16.0 Å². The van der Waals surface area contributed by atoms with Crippen LogP contribution in [-0.2, 0) is 19.1 Å². The van der Waals surface area contributed by atoms with Crippen molar-refractivity contribution in [3.63, 3.8) is 0 Å². The normalized spacial score (nSPS) is 35.5. The molecule has 0 bridgehead atoms. The zero-order valence-corrected chi connectivity index (χ0v) is 28.0. The summed E-state index contributed by atoms with van der Waals surface area (Å²) in [5.41, 5.74) is -1.00. The van der Waals surface area contributed by atoms with Gasteiger partial charge in [-0.3, -0.25) is 9.59 Å². The van der Waals surface area contributed by atoms with Crippen molar-refractivity contribution in [3.8, 4) is 0 Å². The summed E-state index contributed by atoms with van der Waals surface area (Å²) >= 11 is 9.86. The summed E-state index contributed by atoms with van der Waals surface area (Å²) in [4.78, 5) is 52.9. The first-order chi connectivity index (χ1) is 20.9. The number of alkyl halides is 1. The van der Waals surface area contributed by atoms with Crippen molar-refractivity contribution in [2.75, 3.05) is 6.61 Å². The van der Waals surface area contributed by atoms with Gasteiger partial charge in [-0.2, -0.15) is 0 Å². The molecule has 2 aromatic carbocycles. The number of ether oxygens (including phenoxy) is 2. The fourth-order valence-corrected chi connectivity index (χ4v) is 10.1. The van der Waals surface area contributed by atoms with Gasteiger partial charge in [-0.15, -0.1) is 11.6 Å². The summed E-state index contributed by atoms with van der Waals surface area (Å²) in [5.74, 6) is -1.97. The van der Waals surface area contributed by atoms with Crippen LogP contribution in [0.5, 0.6) is 0 Å². The van der Waals surface area contributed by atoms with Crippen molar-refractivity contribution in [1.29, 1.82) is 0 Å². The Balaban J connectivity index is 1.38. The van der Waals surface area contributed by atoms with Gasteiger partial charge in [0.25, 0.3) is 0 Å². The van der Waals surface area contributed by atoms with E-state index in [0.717, 1.165) is 22.0 Å². The van der Waals surface area contributed by atoms with Crippen LogP contribution >= 0.6 is 34.2 Å². The molecule has 230 valence electrons. The number of esters is 2. The summed E-state index contributed by atoms with van der Waals surface area (Å²) < 4.78 is 12.9. The molecule has 0 spiro atoms. The molecule has 3 fully saturated rings. The van der Waals surface area contributed by atoms with Crippen LogP contribution in [0.3, 0.4) is 0 Å². The minimum Gasteiger partial charge on any atom is -0.454 e. The molecular weight excluding hydrogens is 691 g/mol. The molecule has 2 aromatic rings. The lowest BCUT2D eigenvalue weighted by atomic mass is 9.46. The highest BCUT2D eigenvalue weighted by molar-refractivity contribution is 14.1. The molecular formula is C36H36ClIO6.